The summed E-state index contributed by atoms with van der Waals surface area (Å²) < 4.78 is 6.93. The first-order chi connectivity index (χ1) is 15.2. The maximum Gasteiger partial charge on any atom is 0.155 e. The lowest BCUT2D eigenvalue weighted by Crippen LogP contribution is -2.50. The van der Waals surface area contributed by atoms with E-state index in [4.69, 9.17) is 4.74 Å². The number of hydrogen-bond acceptors (Lipinski definition) is 4. The maximum atomic E-state index is 12.1. The number of carbonyl (C=O) groups excluding carboxylic acids is 1. The molecular weight excluding hydrogens is 398 g/mol. The molecule has 0 amide bonds. The van der Waals surface area contributed by atoms with E-state index >= 15 is 0 Å². The summed E-state index contributed by atoms with van der Waals surface area (Å²) in [6.45, 7) is 10.2. The van der Waals surface area contributed by atoms with Crippen LogP contribution in [0, 0.1) is 35.0 Å². The van der Waals surface area contributed by atoms with Crippen LogP contribution in [-0.2, 0) is 9.53 Å². The lowest BCUT2D eigenvalue weighted by Gasteiger charge is -2.48. The predicted octanol–water partition coefficient (Wildman–Crippen LogP) is 5.70. The van der Waals surface area contributed by atoms with Crippen molar-refractivity contribution in [3.05, 3.63) is 22.8 Å². The van der Waals surface area contributed by atoms with E-state index in [0.717, 1.165) is 51.0 Å². The molecule has 4 fully saturated rings. The number of allylic oxidation sites excluding steroid dienone is 3. The fraction of sp³-hybridized carbons (Fsp3) is 0.821. The minimum absolute atomic E-state index is 0.113. The van der Waals surface area contributed by atoms with E-state index < -0.39 is 0 Å². The van der Waals surface area contributed by atoms with Gasteiger partial charge in [0.15, 0.2) is 5.78 Å². The van der Waals surface area contributed by atoms with Crippen LogP contribution in [0.5, 0.6) is 0 Å². The Morgan fingerprint density at radius 3 is 2.81 bits per heavy atom. The molecule has 6 rings (SSSR count). The van der Waals surface area contributed by atoms with Crippen LogP contribution >= 0.6 is 0 Å². The molecular formula is C28H41NO3. The average Bonchev–Trinajstić information content (AvgIpc) is 3.19. The quantitative estimate of drug-likeness (QED) is 0.492. The fourth-order valence-electron chi connectivity index (χ4n) is 9.34. The van der Waals surface area contributed by atoms with Crippen molar-refractivity contribution in [2.24, 2.45) is 35.0 Å². The van der Waals surface area contributed by atoms with Crippen LogP contribution in [0.2, 0.25) is 0 Å². The van der Waals surface area contributed by atoms with Crippen LogP contribution in [0.25, 0.3) is 0 Å². The van der Waals surface area contributed by atoms with Gasteiger partial charge >= 0.3 is 0 Å². The van der Waals surface area contributed by atoms with Crippen LogP contribution in [-0.4, -0.2) is 40.3 Å². The molecule has 0 aromatic heterocycles. The lowest BCUT2D eigenvalue weighted by molar-refractivity contribution is -0.178. The van der Waals surface area contributed by atoms with Crippen LogP contribution in [0.3, 0.4) is 0 Å². The van der Waals surface area contributed by atoms with Gasteiger partial charge in [-0.2, -0.15) is 5.06 Å². The molecule has 0 bridgehead atoms. The molecule has 1 N–H and O–H groups in total. The van der Waals surface area contributed by atoms with E-state index in [2.05, 4.69) is 27.7 Å². The van der Waals surface area contributed by atoms with Gasteiger partial charge in [-0.15, -0.1) is 0 Å². The number of fused-ring (bicyclic) bond motifs is 6. The highest BCUT2D eigenvalue weighted by molar-refractivity contribution is 5.91. The second kappa shape index (κ2) is 7.26. The zero-order valence-electron chi connectivity index (χ0n) is 20.4. The van der Waals surface area contributed by atoms with Crippen molar-refractivity contribution in [2.45, 2.75) is 103 Å². The molecule has 4 nitrogen and oxygen atoms in total. The first-order valence-corrected chi connectivity index (χ1v) is 13.3. The molecule has 0 aromatic rings. The summed E-state index contributed by atoms with van der Waals surface area (Å²) in [5.41, 5.74) is 4.88. The third-order valence-electron chi connectivity index (χ3n) is 11.0. The van der Waals surface area contributed by atoms with E-state index in [1.807, 2.05) is 6.08 Å². The Balaban J connectivity index is 1.30. The van der Waals surface area contributed by atoms with Crippen molar-refractivity contribution in [1.82, 2.24) is 5.06 Å². The van der Waals surface area contributed by atoms with Gasteiger partial charge in [-0.1, -0.05) is 37.5 Å². The third-order valence-corrected chi connectivity index (χ3v) is 11.0. The number of hydroxylamine groups is 2. The second-order valence-corrected chi connectivity index (χ2v) is 12.7. The SMILES string of the molecule is CC1=C2C[C@H]3C(CCC4=CC(=O)CCC43C)[C@@H]2CC[C@@]2(C1)O[C@@H]1C[C@H](C)CN(O)[C@H]1[C@H]2C. The highest BCUT2D eigenvalue weighted by atomic mass is 16.5. The Morgan fingerprint density at radius 2 is 2.00 bits per heavy atom. The summed E-state index contributed by atoms with van der Waals surface area (Å²) in [5, 5.41) is 12.4. The smallest absolute Gasteiger partial charge is 0.155 e. The number of rotatable bonds is 0. The standard InChI is InChI=1S/C28H41NO3/c1-16-11-25-26(29(31)15-16)18(3)28(32-25)10-8-21-22-6-5-19-12-20(30)7-9-27(19,4)24(22)13-23(21)17(2)14-28/h12,16,18,21-22,24-26,31H,5-11,13-15H2,1-4H3/t16-,18+,21-,22?,24-,25+,26-,27?,28-/m0/s1. The van der Waals surface area contributed by atoms with E-state index in [-0.39, 0.29) is 23.2 Å². The maximum absolute atomic E-state index is 12.1. The van der Waals surface area contributed by atoms with Gasteiger partial charge in [0, 0.05) is 18.9 Å². The molecule has 0 radical (unpaired) electrons. The summed E-state index contributed by atoms with van der Waals surface area (Å²) in [6, 6.07) is 0.149. The molecule has 4 heteroatoms. The molecule has 2 heterocycles. The van der Waals surface area contributed by atoms with Gasteiger partial charge in [0.1, 0.15) is 0 Å². The third kappa shape index (κ3) is 2.94. The van der Waals surface area contributed by atoms with Crippen LogP contribution in [0.1, 0.15) is 85.5 Å². The van der Waals surface area contributed by atoms with E-state index in [0.29, 0.717) is 29.5 Å². The summed E-state index contributed by atoms with van der Waals surface area (Å²) >= 11 is 0. The van der Waals surface area contributed by atoms with Crippen LogP contribution in [0.4, 0.5) is 0 Å². The minimum atomic E-state index is -0.113. The van der Waals surface area contributed by atoms with Gasteiger partial charge in [-0.3, -0.25) is 4.79 Å². The second-order valence-electron chi connectivity index (χ2n) is 12.7. The molecule has 32 heavy (non-hydrogen) atoms. The highest BCUT2D eigenvalue weighted by Gasteiger charge is 2.59. The minimum Gasteiger partial charge on any atom is -0.369 e. The van der Waals surface area contributed by atoms with Crippen molar-refractivity contribution >= 4 is 5.78 Å². The molecule has 176 valence electrons. The summed E-state index contributed by atoms with van der Waals surface area (Å²) in [6.07, 6.45) is 12.0. The molecule has 6 aliphatic rings. The number of ether oxygens (including phenoxy) is 1. The Labute approximate surface area is 193 Å². The van der Waals surface area contributed by atoms with Gasteiger partial charge in [-0.05, 0) is 93.5 Å². The molecule has 1 spiro atoms. The first-order valence-electron chi connectivity index (χ1n) is 13.3. The van der Waals surface area contributed by atoms with Gasteiger partial charge in [-0.25, -0.2) is 0 Å². The van der Waals surface area contributed by atoms with Crippen molar-refractivity contribution in [1.29, 1.82) is 0 Å². The summed E-state index contributed by atoms with van der Waals surface area (Å²) in [7, 11) is 0. The lowest BCUT2D eigenvalue weighted by atomic mass is 9.56. The topological polar surface area (TPSA) is 49.8 Å². The van der Waals surface area contributed by atoms with Gasteiger partial charge in [0.05, 0.1) is 17.7 Å². The molecule has 2 aliphatic heterocycles. The van der Waals surface area contributed by atoms with Crippen LogP contribution in [0.15, 0.2) is 22.8 Å². The molecule has 4 aliphatic carbocycles. The number of piperidine rings is 1. The zero-order chi connectivity index (χ0) is 22.4. The largest absolute Gasteiger partial charge is 0.369 e. The average molecular weight is 440 g/mol. The van der Waals surface area contributed by atoms with Crippen molar-refractivity contribution < 1.29 is 14.7 Å². The van der Waals surface area contributed by atoms with E-state index in [9.17, 15) is 10.0 Å². The van der Waals surface area contributed by atoms with Crippen molar-refractivity contribution in [3.63, 3.8) is 0 Å². The van der Waals surface area contributed by atoms with Gasteiger partial charge in [0.2, 0.25) is 0 Å². The normalized spacial score (nSPS) is 51.1. The Hall–Kier alpha value is -0.970. The Bertz CT molecular complexity index is 891. The summed E-state index contributed by atoms with van der Waals surface area (Å²) in [5.74, 6) is 3.36. The zero-order valence-corrected chi connectivity index (χ0v) is 20.4. The van der Waals surface area contributed by atoms with E-state index in [1.54, 1.807) is 16.2 Å². The Kier molecular flexibility index (Phi) is 4.89. The van der Waals surface area contributed by atoms with Crippen LogP contribution < -0.4 is 0 Å². The van der Waals surface area contributed by atoms with Gasteiger partial charge in [0.25, 0.3) is 0 Å². The predicted molar refractivity (Wildman–Crippen MR) is 124 cm³/mol. The number of ketones is 1. The Morgan fingerprint density at radius 1 is 1.19 bits per heavy atom. The monoisotopic (exact) mass is 439 g/mol. The van der Waals surface area contributed by atoms with Crippen molar-refractivity contribution in [2.75, 3.05) is 6.54 Å². The first kappa shape index (κ1) is 21.6. The van der Waals surface area contributed by atoms with Crippen molar-refractivity contribution in [3.8, 4) is 0 Å². The molecule has 2 saturated carbocycles. The molecule has 9 atom stereocenters. The highest BCUT2D eigenvalue weighted by Crippen LogP contribution is 2.64. The molecule has 2 unspecified atom stereocenters. The molecule has 2 saturated heterocycles. The summed E-state index contributed by atoms with van der Waals surface area (Å²) in [4.78, 5) is 12.1. The number of hydrogen-bond donors (Lipinski definition) is 1. The number of nitrogens with zero attached hydrogens (tertiary/aromatic N) is 1. The number of carbonyl (C=O) groups is 1. The van der Waals surface area contributed by atoms with Gasteiger partial charge < -0.3 is 9.94 Å². The molecule has 0 aromatic carbocycles. The fourth-order valence-corrected chi connectivity index (χ4v) is 9.34. The van der Waals surface area contributed by atoms with E-state index in [1.165, 1.54) is 24.8 Å².